The maximum absolute atomic E-state index is 5.36. The van der Waals surface area contributed by atoms with Crippen LogP contribution in [0.1, 0.15) is 17.9 Å². The summed E-state index contributed by atoms with van der Waals surface area (Å²) in [5, 5.41) is 3.15. The Morgan fingerprint density at radius 1 is 1.46 bits per heavy atom. The maximum atomic E-state index is 5.36. The van der Waals surface area contributed by atoms with Gasteiger partial charge in [-0.2, -0.15) is 0 Å². The molecule has 2 heteroatoms. The van der Waals surface area contributed by atoms with Gasteiger partial charge in [0, 0.05) is 25.3 Å². The van der Waals surface area contributed by atoms with Crippen LogP contribution in [0, 0.1) is 0 Å². The Morgan fingerprint density at radius 3 is 3.08 bits per heavy atom. The number of benzene rings is 1. The Kier molecular flexibility index (Phi) is 2.50. The van der Waals surface area contributed by atoms with Gasteiger partial charge in [-0.25, -0.2) is 0 Å². The topological polar surface area (TPSA) is 21.3 Å². The van der Waals surface area contributed by atoms with Gasteiger partial charge >= 0.3 is 0 Å². The molecular weight excluding hydrogens is 162 g/mol. The highest BCUT2D eigenvalue weighted by molar-refractivity contribution is 5.46. The SMILES string of the molecule is CNc1cccc(C2CCOC2)c1. The lowest BCUT2D eigenvalue weighted by atomic mass is 9.98. The zero-order valence-electron chi connectivity index (χ0n) is 7.92. The van der Waals surface area contributed by atoms with Gasteiger partial charge in [-0.1, -0.05) is 12.1 Å². The normalized spacial score (nSPS) is 21.8. The zero-order chi connectivity index (χ0) is 9.10. The van der Waals surface area contributed by atoms with E-state index in [4.69, 9.17) is 4.74 Å². The van der Waals surface area contributed by atoms with Crippen molar-refractivity contribution in [3.63, 3.8) is 0 Å². The first-order valence-corrected chi connectivity index (χ1v) is 4.75. The van der Waals surface area contributed by atoms with Crippen LogP contribution in [0.25, 0.3) is 0 Å². The third-order valence-electron chi connectivity index (χ3n) is 2.58. The van der Waals surface area contributed by atoms with Crippen molar-refractivity contribution in [3.8, 4) is 0 Å². The van der Waals surface area contributed by atoms with E-state index in [0.29, 0.717) is 5.92 Å². The fraction of sp³-hybridized carbons (Fsp3) is 0.455. The molecule has 1 aromatic rings. The number of hydrogen-bond donors (Lipinski definition) is 1. The van der Waals surface area contributed by atoms with Gasteiger partial charge in [0.05, 0.1) is 6.61 Å². The summed E-state index contributed by atoms with van der Waals surface area (Å²) >= 11 is 0. The number of ether oxygens (including phenoxy) is 1. The van der Waals surface area contributed by atoms with Gasteiger partial charge < -0.3 is 10.1 Å². The van der Waals surface area contributed by atoms with Crippen molar-refractivity contribution in [1.82, 2.24) is 0 Å². The van der Waals surface area contributed by atoms with E-state index in [-0.39, 0.29) is 0 Å². The van der Waals surface area contributed by atoms with E-state index in [1.54, 1.807) is 0 Å². The van der Waals surface area contributed by atoms with Gasteiger partial charge in [0.15, 0.2) is 0 Å². The molecule has 0 aliphatic carbocycles. The Hall–Kier alpha value is -1.02. The van der Waals surface area contributed by atoms with E-state index in [0.717, 1.165) is 19.6 Å². The first-order chi connectivity index (χ1) is 6.40. The Balaban J connectivity index is 2.18. The van der Waals surface area contributed by atoms with Crippen molar-refractivity contribution < 1.29 is 4.74 Å². The molecule has 0 spiro atoms. The molecule has 2 rings (SSSR count). The van der Waals surface area contributed by atoms with Crippen LogP contribution in [-0.4, -0.2) is 20.3 Å². The summed E-state index contributed by atoms with van der Waals surface area (Å²) < 4.78 is 5.36. The van der Waals surface area contributed by atoms with Crippen LogP contribution in [0.15, 0.2) is 24.3 Å². The quantitative estimate of drug-likeness (QED) is 0.748. The molecule has 1 N–H and O–H groups in total. The number of nitrogens with one attached hydrogen (secondary N) is 1. The van der Waals surface area contributed by atoms with Gasteiger partial charge in [0.25, 0.3) is 0 Å². The van der Waals surface area contributed by atoms with Crippen LogP contribution in [0.3, 0.4) is 0 Å². The number of rotatable bonds is 2. The molecule has 1 aliphatic rings. The molecule has 1 saturated heterocycles. The zero-order valence-corrected chi connectivity index (χ0v) is 7.92. The van der Waals surface area contributed by atoms with E-state index in [1.165, 1.54) is 11.3 Å². The van der Waals surface area contributed by atoms with Gasteiger partial charge in [0.2, 0.25) is 0 Å². The molecule has 1 heterocycles. The molecule has 0 bridgehead atoms. The van der Waals surface area contributed by atoms with Crippen molar-refractivity contribution in [2.24, 2.45) is 0 Å². The van der Waals surface area contributed by atoms with Crippen LogP contribution in [0.5, 0.6) is 0 Å². The molecule has 2 nitrogen and oxygen atoms in total. The monoisotopic (exact) mass is 177 g/mol. The van der Waals surface area contributed by atoms with E-state index >= 15 is 0 Å². The molecule has 1 aromatic carbocycles. The second kappa shape index (κ2) is 3.79. The minimum absolute atomic E-state index is 0.605. The summed E-state index contributed by atoms with van der Waals surface area (Å²) in [5.41, 5.74) is 2.58. The lowest BCUT2D eigenvalue weighted by Gasteiger charge is -2.09. The third-order valence-corrected chi connectivity index (χ3v) is 2.58. The molecule has 70 valence electrons. The summed E-state index contributed by atoms with van der Waals surface area (Å²) in [6, 6.07) is 8.57. The fourth-order valence-electron chi connectivity index (χ4n) is 1.75. The Bertz CT molecular complexity index is 279. The lowest BCUT2D eigenvalue weighted by Crippen LogP contribution is -1.98. The van der Waals surface area contributed by atoms with Gasteiger partial charge in [-0.15, -0.1) is 0 Å². The third kappa shape index (κ3) is 1.83. The molecule has 0 amide bonds. The van der Waals surface area contributed by atoms with Crippen LogP contribution >= 0.6 is 0 Å². The standard InChI is InChI=1S/C11H15NO/c1-12-11-4-2-3-9(7-11)10-5-6-13-8-10/h2-4,7,10,12H,5-6,8H2,1H3. The molecule has 0 aromatic heterocycles. The fourth-order valence-corrected chi connectivity index (χ4v) is 1.75. The lowest BCUT2D eigenvalue weighted by molar-refractivity contribution is 0.194. The highest BCUT2D eigenvalue weighted by atomic mass is 16.5. The van der Waals surface area contributed by atoms with Gasteiger partial charge in [-0.05, 0) is 24.1 Å². The summed E-state index contributed by atoms with van der Waals surface area (Å²) in [5.74, 6) is 0.605. The number of anilines is 1. The van der Waals surface area contributed by atoms with E-state index in [1.807, 2.05) is 7.05 Å². The highest BCUT2D eigenvalue weighted by Gasteiger charge is 2.17. The largest absolute Gasteiger partial charge is 0.388 e. The predicted octanol–water partition coefficient (Wildman–Crippen LogP) is 2.23. The van der Waals surface area contributed by atoms with E-state index in [9.17, 15) is 0 Å². The summed E-state index contributed by atoms with van der Waals surface area (Å²) in [7, 11) is 1.95. The first-order valence-electron chi connectivity index (χ1n) is 4.75. The second-order valence-electron chi connectivity index (χ2n) is 3.44. The van der Waals surface area contributed by atoms with Crippen molar-refractivity contribution in [1.29, 1.82) is 0 Å². The Morgan fingerprint density at radius 2 is 2.38 bits per heavy atom. The Labute approximate surface area is 78.9 Å². The average molecular weight is 177 g/mol. The molecule has 1 atom stereocenters. The van der Waals surface area contributed by atoms with Crippen LogP contribution in [0.2, 0.25) is 0 Å². The molecular formula is C11H15NO. The van der Waals surface area contributed by atoms with Crippen molar-refractivity contribution >= 4 is 5.69 Å². The van der Waals surface area contributed by atoms with Gasteiger partial charge in [0.1, 0.15) is 0 Å². The minimum atomic E-state index is 0.605. The molecule has 0 radical (unpaired) electrons. The minimum Gasteiger partial charge on any atom is -0.388 e. The van der Waals surface area contributed by atoms with Crippen molar-refractivity contribution in [2.75, 3.05) is 25.6 Å². The van der Waals surface area contributed by atoms with E-state index < -0.39 is 0 Å². The smallest absolute Gasteiger partial charge is 0.0535 e. The van der Waals surface area contributed by atoms with E-state index in [2.05, 4.69) is 29.6 Å². The summed E-state index contributed by atoms with van der Waals surface area (Å²) in [4.78, 5) is 0. The predicted molar refractivity (Wildman–Crippen MR) is 54.2 cm³/mol. The van der Waals surface area contributed by atoms with Crippen LogP contribution in [-0.2, 0) is 4.74 Å². The second-order valence-corrected chi connectivity index (χ2v) is 3.44. The van der Waals surface area contributed by atoms with Crippen LogP contribution in [0.4, 0.5) is 5.69 Å². The van der Waals surface area contributed by atoms with Crippen molar-refractivity contribution in [3.05, 3.63) is 29.8 Å². The molecule has 0 saturated carbocycles. The average Bonchev–Trinajstić information content (AvgIpc) is 2.71. The van der Waals surface area contributed by atoms with Crippen molar-refractivity contribution in [2.45, 2.75) is 12.3 Å². The summed E-state index contributed by atoms with van der Waals surface area (Å²) in [6.45, 7) is 1.79. The molecule has 1 aliphatic heterocycles. The molecule has 1 unspecified atom stereocenters. The first kappa shape index (κ1) is 8.57. The molecule has 13 heavy (non-hydrogen) atoms. The highest BCUT2D eigenvalue weighted by Crippen LogP contribution is 2.26. The summed E-state index contributed by atoms with van der Waals surface area (Å²) in [6.07, 6.45) is 1.16. The molecule has 1 fully saturated rings. The van der Waals surface area contributed by atoms with Crippen LogP contribution < -0.4 is 5.32 Å². The maximum Gasteiger partial charge on any atom is 0.0535 e. The number of hydrogen-bond acceptors (Lipinski definition) is 2. The van der Waals surface area contributed by atoms with Gasteiger partial charge in [-0.3, -0.25) is 0 Å².